The van der Waals surface area contributed by atoms with E-state index >= 15 is 0 Å². The fourth-order valence-electron chi connectivity index (χ4n) is 2.16. The van der Waals surface area contributed by atoms with Crippen LogP contribution in [-0.4, -0.2) is 29.6 Å². The zero-order chi connectivity index (χ0) is 12.4. The topological polar surface area (TPSA) is 51.6 Å². The van der Waals surface area contributed by atoms with Crippen LogP contribution in [-0.2, 0) is 9.47 Å². The van der Waals surface area contributed by atoms with Gasteiger partial charge in [-0.15, -0.1) is 0 Å². The number of benzene rings is 1. The van der Waals surface area contributed by atoms with Gasteiger partial charge in [0, 0.05) is 18.0 Å². The minimum atomic E-state index is -0.572. The molecule has 0 aliphatic carbocycles. The highest BCUT2D eigenvalue weighted by molar-refractivity contribution is 5.78. The molecular weight excluding hydrogens is 230 g/mol. The van der Waals surface area contributed by atoms with Gasteiger partial charge in [-0.2, -0.15) is 0 Å². The number of hydrogen-bond donors (Lipinski definition) is 1. The van der Waals surface area contributed by atoms with Gasteiger partial charge in [-0.1, -0.05) is 12.1 Å². The van der Waals surface area contributed by atoms with Gasteiger partial charge in [-0.3, -0.25) is 4.98 Å². The first-order valence-electron chi connectivity index (χ1n) is 6.09. The van der Waals surface area contributed by atoms with E-state index in [0.717, 1.165) is 16.5 Å². The standard InChI is InChI=1S/C14H15NO3/c16-13(9-14-17-6-7-18-14)11-3-4-12-10(8-11)2-1-5-15-12/h1-5,8,13-14,16H,6-7,9H2. The molecule has 1 aromatic heterocycles. The van der Waals surface area contributed by atoms with Crippen LogP contribution >= 0.6 is 0 Å². The Bertz CT molecular complexity index is 537. The molecule has 0 amide bonds. The molecule has 1 unspecified atom stereocenters. The van der Waals surface area contributed by atoms with E-state index in [9.17, 15) is 5.11 Å². The summed E-state index contributed by atoms with van der Waals surface area (Å²) in [4.78, 5) is 4.25. The van der Waals surface area contributed by atoms with Crippen molar-refractivity contribution in [2.75, 3.05) is 13.2 Å². The fourth-order valence-corrected chi connectivity index (χ4v) is 2.16. The Hall–Kier alpha value is -1.49. The maximum Gasteiger partial charge on any atom is 0.160 e. The van der Waals surface area contributed by atoms with E-state index in [1.165, 1.54) is 0 Å². The zero-order valence-corrected chi connectivity index (χ0v) is 9.95. The van der Waals surface area contributed by atoms with Crippen molar-refractivity contribution in [2.24, 2.45) is 0 Å². The number of fused-ring (bicyclic) bond motifs is 1. The van der Waals surface area contributed by atoms with E-state index in [0.29, 0.717) is 19.6 Å². The third-order valence-electron chi connectivity index (χ3n) is 3.12. The Morgan fingerprint density at radius 3 is 2.94 bits per heavy atom. The molecule has 0 radical (unpaired) electrons. The number of pyridine rings is 1. The molecule has 0 bridgehead atoms. The van der Waals surface area contributed by atoms with Crippen molar-refractivity contribution in [1.29, 1.82) is 0 Å². The molecular formula is C14H15NO3. The van der Waals surface area contributed by atoms with Crippen LogP contribution in [0.2, 0.25) is 0 Å². The van der Waals surface area contributed by atoms with Crippen LogP contribution in [0.4, 0.5) is 0 Å². The summed E-state index contributed by atoms with van der Waals surface area (Å²) in [6, 6.07) is 9.66. The van der Waals surface area contributed by atoms with Crippen molar-refractivity contribution in [3.63, 3.8) is 0 Å². The Morgan fingerprint density at radius 2 is 2.11 bits per heavy atom. The van der Waals surface area contributed by atoms with Crippen LogP contribution in [0.5, 0.6) is 0 Å². The predicted octanol–water partition coefficient (Wildman–Crippen LogP) is 2.03. The third kappa shape index (κ3) is 2.36. The Kier molecular flexibility index (Phi) is 3.23. The second kappa shape index (κ2) is 5.02. The molecule has 0 saturated carbocycles. The fraction of sp³-hybridized carbons (Fsp3) is 0.357. The molecule has 1 aliphatic rings. The summed E-state index contributed by atoms with van der Waals surface area (Å²) in [5.74, 6) is 0. The van der Waals surface area contributed by atoms with Gasteiger partial charge in [0.15, 0.2) is 6.29 Å². The lowest BCUT2D eigenvalue weighted by atomic mass is 10.0. The van der Waals surface area contributed by atoms with Crippen LogP contribution in [0.1, 0.15) is 18.1 Å². The van der Waals surface area contributed by atoms with Gasteiger partial charge in [0.05, 0.1) is 24.8 Å². The molecule has 1 fully saturated rings. The molecule has 4 heteroatoms. The summed E-state index contributed by atoms with van der Waals surface area (Å²) in [5, 5.41) is 11.2. The van der Waals surface area contributed by atoms with Gasteiger partial charge in [0.2, 0.25) is 0 Å². The van der Waals surface area contributed by atoms with E-state index < -0.39 is 6.10 Å². The maximum absolute atomic E-state index is 10.2. The Labute approximate surface area is 105 Å². The molecule has 0 spiro atoms. The van der Waals surface area contributed by atoms with Gasteiger partial charge in [-0.25, -0.2) is 0 Å². The minimum absolute atomic E-state index is 0.287. The molecule has 94 valence electrons. The quantitative estimate of drug-likeness (QED) is 0.899. The summed E-state index contributed by atoms with van der Waals surface area (Å²) in [5.41, 5.74) is 1.80. The molecule has 1 N–H and O–H groups in total. The van der Waals surface area contributed by atoms with E-state index in [2.05, 4.69) is 4.98 Å². The summed E-state index contributed by atoms with van der Waals surface area (Å²) in [6.45, 7) is 1.22. The van der Waals surface area contributed by atoms with Gasteiger partial charge < -0.3 is 14.6 Å². The molecule has 4 nitrogen and oxygen atoms in total. The monoisotopic (exact) mass is 245 g/mol. The van der Waals surface area contributed by atoms with Gasteiger partial charge in [0.1, 0.15) is 0 Å². The number of aliphatic hydroxyl groups excluding tert-OH is 1. The van der Waals surface area contributed by atoms with Crippen LogP contribution in [0.25, 0.3) is 10.9 Å². The van der Waals surface area contributed by atoms with Crippen molar-refractivity contribution in [3.05, 3.63) is 42.1 Å². The number of hydrogen-bond acceptors (Lipinski definition) is 4. The lowest BCUT2D eigenvalue weighted by Crippen LogP contribution is -2.13. The van der Waals surface area contributed by atoms with Crippen molar-refractivity contribution < 1.29 is 14.6 Å². The zero-order valence-electron chi connectivity index (χ0n) is 9.95. The number of nitrogens with zero attached hydrogens (tertiary/aromatic N) is 1. The largest absolute Gasteiger partial charge is 0.388 e. The average Bonchev–Trinajstić information content (AvgIpc) is 2.91. The summed E-state index contributed by atoms with van der Waals surface area (Å²) in [6.07, 6.45) is 1.37. The Morgan fingerprint density at radius 1 is 1.28 bits per heavy atom. The molecule has 2 heterocycles. The molecule has 1 saturated heterocycles. The van der Waals surface area contributed by atoms with E-state index in [1.54, 1.807) is 6.20 Å². The number of rotatable bonds is 3. The average molecular weight is 245 g/mol. The number of aromatic nitrogens is 1. The maximum atomic E-state index is 10.2. The SMILES string of the molecule is OC(CC1OCCO1)c1ccc2ncccc2c1. The van der Waals surface area contributed by atoms with Crippen LogP contribution in [0.3, 0.4) is 0 Å². The van der Waals surface area contributed by atoms with Crippen LogP contribution in [0, 0.1) is 0 Å². The van der Waals surface area contributed by atoms with Gasteiger partial charge in [-0.05, 0) is 23.8 Å². The van der Waals surface area contributed by atoms with Gasteiger partial charge >= 0.3 is 0 Å². The summed E-state index contributed by atoms with van der Waals surface area (Å²) < 4.78 is 10.7. The van der Waals surface area contributed by atoms with Crippen LogP contribution < -0.4 is 0 Å². The summed E-state index contributed by atoms with van der Waals surface area (Å²) in [7, 11) is 0. The molecule has 3 rings (SSSR count). The Balaban J connectivity index is 1.80. The lowest BCUT2D eigenvalue weighted by molar-refractivity contribution is -0.0707. The highest BCUT2D eigenvalue weighted by atomic mass is 16.7. The van der Waals surface area contributed by atoms with E-state index in [1.807, 2.05) is 30.3 Å². The first kappa shape index (κ1) is 11.6. The number of ether oxygens (including phenoxy) is 2. The first-order chi connectivity index (χ1) is 8.83. The second-order valence-electron chi connectivity index (χ2n) is 4.38. The predicted molar refractivity (Wildman–Crippen MR) is 67.0 cm³/mol. The molecule has 1 aromatic carbocycles. The van der Waals surface area contributed by atoms with Crippen molar-refractivity contribution in [1.82, 2.24) is 4.98 Å². The minimum Gasteiger partial charge on any atom is -0.388 e. The highest BCUT2D eigenvalue weighted by Crippen LogP contribution is 2.24. The van der Waals surface area contributed by atoms with Crippen molar-refractivity contribution >= 4 is 10.9 Å². The van der Waals surface area contributed by atoms with Gasteiger partial charge in [0.25, 0.3) is 0 Å². The normalized spacial score (nSPS) is 18.3. The number of aliphatic hydroxyl groups is 1. The van der Waals surface area contributed by atoms with Crippen molar-refractivity contribution in [3.8, 4) is 0 Å². The van der Waals surface area contributed by atoms with Crippen molar-refractivity contribution in [2.45, 2.75) is 18.8 Å². The van der Waals surface area contributed by atoms with E-state index in [4.69, 9.17) is 9.47 Å². The third-order valence-corrected chi connectivity index (χ3v) is 3.12. The molecule has 1 aliphatic heterocycles. The lowest BCUT2D eigenvalue weighted by Gasteiger charge is -2.15. The van der Waals surface area contributed by atoms with E-state index in [-0.39, 0.29) is 6.29 Å². The van der Waals surface area contributed by atoms with Crippen LogP contribution in [0.15, 0.2) is 36.5 Å². The molecule has 1 atom stereocenters. The highest BCUT2D eigenvalue weighted by Gasteiger charge is 2.21. The smallest absolute Gasteiger partial charge is 0.160 e. The summed E-state index contributed by atoms with van der Waals surface area (Å²) >= 11 is 0. The molecule has 18 heavy (non-hydrogen) atoms. The molecule has 2 aromatic rings. The second-order valence-corrected chi connectivity index (χ2v) is 4.38. The first-order valence-corrected chi connectivity index (χ1v) is 6.09.